The number of hydrogen-bond acceptors (Lipinski definition) is 3. The Bertz CT molecular complexity index is 192. The fourth-order valence-electron chi connectivity index (χ4n) is 1.56. The average molecular weight is 174 g/mol. The molecule has 0 aromatic carbocycles. The van der Waals surface area contributed by atoms with Gasteiger partial charge >= 0.3 is 5.97 Å². The van der Waals surface area contributed by atoms with Crippen LogP contribution in [0.5, 0.6) is 0 Å². The van der Waals surface area contributed by atoms with Crippen molar-refractivity contribution in [2.75, 3.05) is 0 Å². The minimum atomic E-state index is -1.17. The van der Waals surface area contributed by atoms with Gasteiger partial charge in [0.15, 0.2) is 0 Å². The lowest BCUT2D eigenvalue weighted by molar-refractivity contribution is -0.537. The molecule has 4 nitrogen and oxygen atoms in total. The maximum Gasteiger partial charge on any atom is 0.342 e. The van der Waals surface area contributed by atoms with Gasteiger partial charge in [0.05, 0.1) is 0 Å². The number of carbonyl (C=O) groups is 1. The summed E-state index contributed by atoms with van der Waals surface area (Å²) in [5.41, 5.74) is -1.81. The van der Waals surface area contributed by atoms with E-state index in [2.05, 4.69) is 4.89 Å². The maximum atomic E-state index is 10.8. The Morgan fingerprint density at radius 1 is 1.33 bits per heavy atom. The van der Waals surface area contributed by atoms with Gasteiger partial charge in [-0.1, -0.05) is 13.8 Å². The maximum absolute atomic E-state index is 10.8. The molecule has 0 bridgehead atoms. The van der Waals surface area contributed by atoms with Gasteiger partial charge in [-0.15, -0.1) is 0 Å². The predicted molar refractivity (Wildman–Crippen MR) is 41.5 cm³/mol. The molecule has 0 saturated carbocycles. The minimum Gasteiger partial charge on any atom is -0.479 e. The number of carboxylic acids is 1. The van der Waals surface area contributed by atoms with Crippen LogP contribution >= 0.6 is 0 Å². The molecule has 1 aliphatic rings. The van der Waals surface area contributed by atoms with E-state index < -0.39 is 17.2 Å². The fourth-order valence-corrected chi connectivity index (χ4v) is 1.56. The Balaban J connectivity index is 2.87. The molecule has 1 saturated heterocycles. The van der Waals surface area contributed by atoms with Crippen LogP contribution in [0.15, 0.2) is 0 Å². The fraction of sp³-hybridized carbons (Fsp3) is 0.875. The van der Waals surface area contributed by atoms with Gasteiger partial charge in [-0.05, 0) is 19.8 Å². The number of aliphatic carboxylic acids is 1. The molecule has 0 aliphatic carbocycles. The Morgan fingerprint density at radius 3 is 1.92 bits per heavy atom. The summed E-state index contributed by atoms with van der Waals surface area (Å²) in [6.07, 6.45) is 1.29. The van der Waals surface area contributed by atoms with Gasteiger partial charge in [-0.3, -0.25) is 0 Å². The number of rotatable bonds is 3. The smallest absolute Gasteiger partial charge is 0.342 e. The van der Waals surface area contributed by atoms with Crippen molar-refractivity contribution in [3.05, 3.63) is 0 Å². The van der Waals surface area contributed by atoms with Crippen molar-refractivity contribution in [1.82, 2.24) is 0 Å². The minimum absolute atomic E-state index is 0.640. The van der Waals surface area contributed by atoms with Crippen LogP contribution < -0.4 is 0 Å². The van der Waals surface area contributed by atoms with E-state index in [4.69, 9.17) is 9.99 Å². The molecule has 0 aromatic heterocycles. The lowest BCUT2D eigenvalue weighted by atomic mass is 9.78. The van der Waals surface area contributed by atoms with Crippen LogP contribution in [-0.4, -0.2) is 22.3 Å². The summed E-state index contributed by atoms with van der Waals surface area (Å²) in [5.74, 6) is -0.961. The molecule has 1 atom stereocenters. The first kappa shape index (κ1) is 9.48. The van der Waals surface area contributed by atoms with E-state index in [1.807, 2.05) is 13.8 Å². The summed E-state index contributed by atoms with van der Waals surface area (Å²) in [6.45, 7) is 5.34. The predicted octanol–water partition coefficient (Wildman–Crippen LogP) is 1.35. The topological polar surface area (TPSA) is 55.8 Å². The molecule has 1 N–H and O–H groups in total. The van der Waals surface area contributed by atoms with E-state index in [0.29, 0.717) is 12.8 Å². The van der Waals surface area contributed by atoms with E-state index in [0.717, 1.165) is 0 Å². The van der Waals surface area contributed by atoms with Crippen LogP contribution in [0.4, 0.5) is 0 Å². The van der Waals surface area contributed by atoms with E-state index >= 15 is 0 Å². The van der Waals surface area contributed by atoms with Gasteiger partial charge in [0.25, 0.3) is 0 Å². The number of carboxylic acid groups (broad SMARTS) is 1. The summed E-state index contributed by atoms with van der Waals surface area (Å²) in [5, 5.41) is 8.89. The second-order valence-electron chi connectivity index (χ2n) is 3.21. The van der Waals surface area contributed by atoms with E-state index in [1.54, 1.807) is 6.92 Å². The molecule has 1 heterocycles. The van der Waals surface area contributed by atoms with Crippen LogP contribution in [0.3, 0.4) is 0 Å². The largest absolute Gasteiger partial charge is 0.479 e. The first-order valence-electron chi connectivity index (χ1n) is 4.12. The Morgan fingerprint density at radius 2 is 1.83 bits per heavy atom. The summed E-state index contributed by atoms with van der Waals surface area (Å²) >= 11 is 0. The summed E-state index contributed by atoms with van der Waals surface area (Å²) in [7, 11) is 0. The van der Waals surface area contributed by atoms with Gasteiger partial charge in [0, 0.05) is 0 Å². The summed E-state index contributed by atoms with van der Waals surface area (Å²) in [6, 6.07) is 0. The molecule has 12 heavy (non-hydrogen) atoms. The van der Waals surface area contributed by atoms with Crippen LogP contribution in [0, 0.1) is 0 Å². The monoisotopic (exact) mass is 174 g/mol. The zero-order chi connectivity index (χ0) is 9.41. The molecule has 1 unspecified atom stereocenters. The van der Waals surface area contributed by atoms with E-state index in [1.165, 1.54) is 0 Å². The van der Waals surface area contributed by atoms with Crippen LogP contribution in [-0.2, 0) is 14.6 Å². The van der Waals surface area contributed by atoms with Gasteiger partial charge in [-0.2, -0.15) is 0 Å². The van der Waals surface area contributed by atoms with Crippen molar-refractivity contribution >= 4 is 5.97 Å². The second-order valence-corrected chi connectivity index (χ2v) is 3.21. The summed E-state index contributed by atoms with van der Waals surface area (Å²) < 4.78 is 0. The molecule has 0 radical (unpaired) electrons. The lowest BCUT2D eigenvalue weighted by Gasteiger charge is -2.51. The number of hydrogen-bond donors (Lipinski definition) is 1. The van der Waals surface area contributed by atoms with Crippen molar-refractivity contribution in [2.45, 2.75) is 44.8 Å². The highest BCUT2D eigenvalue weighted by molar-refractivity contribution is 5.79. The SMILES string of the molecule is CCC1(CC)OOC1(C)C(=O)O. The van der Waals surface area contributed by atoms with Crippen molar-refractivity contribution in [1.29, 1.82) is 0 Å². The lowest BCUT2D eigenvalue weighted by Crippen LogP contribution is -2.68. The standard InChI is InChI=1S/C8H14O4/c1-4-8(5-2)7(3,6(9)10)11-12-8/h4-5H2,1-3H3,(H,9,10). The van der Waals surface area contributed by atoms with Crippen molar-refractivity contribution in [2.24, 2.45) is 0 Å². The Labute approximate surface area is 71.4 Å². The first-order chi connectivity index (χ1) is 5.52. The highest BCUT2D eigenvalue weighted by atomic mass is 17.3. The van der Waals surface area contributed by atoms with E-state index in [-0.39, 0.29) is 0 Å². The van der Waals surface area contributed by atoms with Gasteiger partial charge in [0.2, 0.25) is 5.60 Å². The molecule has 0 aromatic rings. The first-order valence-corrected chi connectivity index (χ1v) is 4.12. The molecule has 0 spiro atoms. The molecular formula is C8H14O4. The Kier molecular flexibility index (Phi) is 2.14. The molecule has 0 amide bonds. The quantitative estimate of drug-likeness (QED) is 0.656. The van der Waals surface area contributed by atoms with Crippen LogP contribution in [0.1, 0.15) is 33.6 Å². The van der Waals surface area contributed by atoms with Gasteiger partial charge in [0.1, 0.15) is 5.60 Å². The van der Waals surface area contributed by atoms with Gasteiger partial charge in [-0.25, -0.2) is 14.6 Å². The highest BCUT2D eigenvalue weighted by Crippen LogP contribution is 2.45. The van der Waals surface area contributed by atoms with Crippen molar-refractivity contribution < 1.29 is 19.7 Å². The third-order valence-electron chi connectivity index (χ3n) is 2.79. The third-order valence-corrected chi connectivity index (χ3v) is 2.79. The molecular weight excluding hydrogens is 160 g/mol. The van der Waals surface area contributed by atoms with Crippen molar-refractivity contribution in [3.8, 4) is 0 Å². The van der Waals surface area contributed by atoms with Crippen LogP contribution in [0.25, 0.3) is 0 Å². The van der Waals surface area contributed by atoms with Gasteiger partial charge < -0.3 is 5.11 Å². The molecule has 4 heteroatoms. The van der Waals surface area contributed by atoms with Crippen LogP contribution in [0.2, 0.25) is 0 Å². The molecule has 1 fully saturated rings. The molecule has 1 rings (SSSR count). The third kappa shape index (κ3) is 0.881. The Hall–Kier alpha value is -0.610. The zero-order valence-electron chi connectivity index (χ0n) is 7.59. The summed E-state index contributed by atoms with van der Waals surface area (Å²) in [4.78, 5) is 20.4. The molecule has 1 aliphatic heterocycles. The highest BCUT2D eigenvalue weighted by Gasteiger charge is 2.64. The van der Waals surface area contributed by atoms with E-state index in [9.17, 15) is 4.79 Å². The normalized spacial score (nSPS) is 32.6. The zero-order valence-corrected chi connectivity index (χ0v) is 7.59. The average Bonchev–Trinajstić information content (AvgIpc) is 2.04. The van der Waals surface area contributed by atoms with Crippen molar-refractivity contribution in [3.63, 3.8) is 0 Å². The molecule has 70 valence electrons. The second kappa shape index (κ2) is 2.71.